The minimum atomic E-state index is -5.08. The van der Waals surface area contributed by atoms with Crippen molar-refractivity contribution in [2.45, 2.75) is 42.2 Å². The Balaban J connectivity index is 0.000000540. The summed E-state index contributed by atoms with van der Waals surface area (Å²) in [7, 11) is -3.64. The molecule has 0 spiro atoms. The Morgan fingerprint density at radius 2 is 1.66 bits per heavy atom. The summed E-state index contributed by atoms with van der Waals surface area (Å²) in [6, 6.07) is 5.33. The molecule has 2 atom stereocenters. The van der Waals surface area contributed by atoms with Crippen LogP contribution in [-0.2, 0) is 20.4 Å². The summed E-state index contributed by atoms with van der Waals surface area (Å²) in [6.45, 7) is 3.44. The number of nitrogens with zero attached hydrogens (tertiary/aromatic N) is 3. The maximum atomic E-state index is 13.0. The van der Waals surface area contributed by atoms with E-state index in [0.717, 1.165) is 11.3 Å². The molecule has 8 nitrogen and oxygen atoms in total. The van der Waals surface area contributed by atoms with Crippen molar-refractivity contribution >= 4 is 33.0 Å². The number of piperazine rings is 1. The van der Waals surface area contributed by atoms with E-state index < -0.39 is 33.9 Å². The smallest absolute Gasteiger partial charge is 0.475 e. The van der Waals surface area contributed by atoms with Gasteiger partial charge in [-0.1, -0.05) is 12.1 Å². The van der Waals surface area contributed by atoms with Gasteiger partial charge in [0.25, 0.3) is 10.0 Å². The monoisotopic (exact) mass is 549 g/mol. The largest absolute Gasteiger partial charge is 0.490 e. The van der Waals surface area contributed by atoms with Gasteiger partial charge >= 0.3 is 18.3 Å². The molecule has 1 aromatic heterocycles. The summed E-state index contributed by atoms with van der Waals surface area (Å²) < 4.78 is 97.3. The molecule has 2 aromatic rings. The van der Waals surface area contributed by atoms with Crippen LogP contribution in [0.15, 0.2) is 40.2 Å². The number of halogens is 6. The second-order valence-electron chi connectivity index (χ2n) is 7.62. The number of carbonyl (C=O) groups is 1. The maximum absolute atomic E-state index is 13.0. The maximum Gasteiger partial charge on any atom is 0.490 e. The van der Waals surface area contributed by atoms with Gasteiger partial charge in [0.2, 0.25) is 4.34 Å². The highest BCUT2D eigenvalue weighted by molar-refractivity contribution is 7.91. The lowest BCUT2D eigenvalue weighted by atomic mass is 9.95. The molecule has 1 aliphatic heterocycles. The standard InChI is InChI=1S/C17H20F3N3O3S2.C2HF3O2/c1-12-11-22(28(25,26)15-21-7-10-27-15)8-9-23(12)14-5-3-13(4-6-14)16(2,24)17(18,19)20;3-2(4,5)1(6)7/h3-7,10,12,24H,8-9,11H2,1-2H3;(H,6,7)/t12-,16?;/m0./s1. The van der Waals surface area contributed by atoms with E-state index in [-0.39, 0.29) is 29.0 Å². The number of thiazole rings is 1. The van der Waals surface area contributed by atoms with Gasteiger partial charge in [0.1, 0.15) is 0 Å². The van der Waals surface area contributed by atoms with E-state index in [0.29, 0.717) is 19.2 Å². The number of aliphatic carboxylic acids is 1. The van der Waals surface area contributed by atoms with E-state index in [2.05, 4.69) is 4.98 Å². The molecule has 1 fully saturated rings. The fraction of sp³-hybridized carbons (Fsp3) is 0.474. The average molecular weight is 550 g/mol. The second kappa shape index (κ2) is 10.3. The van der Waals surface area contributed by atoms with Gasteiger partial charge in [-0.2, -0.15) is 30.6 Å². The second-order valence-corrected chi connectivity index (χ2v) is 10.6. The zero-order valence-corrected chi connectivity index (χ0v) is 19.8. The van der Waals surface area contributed by atoms with Crippen LogP contribution in [0.3, 0.4) is 0 Å². The van der Waals surface area contributed by atoms with Crippen LogP contribution in [0.1, 0.15) is 19.4 Å². The van der Waals surface area contributed by atoms with Crippen LogP contribution in [0.5, 0.6) is 0 Å². The Morgan fingerprint density at radius 3 is 2.06 bits per heavy atom. The first kappa shape index (κ1) is 28.8. The molecule has 35 heavy (non-hydrogen) atoms. The molecule has 1 unspecified atom stereocenters. The summed E-state index contributed by atoms with van der Waals surface area (Å²) in [6.07, 6.45) is -8.42. The number of aromatic nitrogens is 1. The normalized spacial score (nSPS) is 19.5. The van der Waals surface area contributed by atoms with E-state index in [1.165, 1.54) is 34.8 Å². The molecule has 2 heterocycles. The van der Waals surface area contributed by atoms with Crippen molar-refractivity contribution in [3.63, 3.8) is 0 Å². The number of carboxylic acid groups (broad SMARTS) is 1. The first-order valence-corrected chi connectivity index (χ1v) is 12.1. The fourth-order valence-electron chi connectivity index (χ4n) is 3.12. The SMILES string of the molecule is C[C@H]1CN(S(=O)(=O)c2nccs2)CCN1c1ccc(C(C)(O)C(F)(F)F)cc1.O=C(O)C(F)(F)F. The first-order chi connectivity index (χ1) is 15.9. The number of rotatable bonds is 4. The van der Waals surface area contributed by atoms with Gasteiger partial charge in [-0.25, -0.2) is 18.2 Å². The summed E-state index contributed by atoms with van der Waals surface area (Å²) in [5, 5.41) is 18.5. The Hall–Kier alpha value is -2.43. The van der Waals surface area contributed by atoms with Crippen LogP contribution in [0.25, 0.3) is 0 Å². The van der Waals surface area contributed by atoms with Crippen molar-refractivity contribution in [3.05, 3.63) is 41.4 Å². The predicted octanol–water partition coefficient (Wildman–Crippen LogP) is 3.45. The predicted molar refractivity (Wildman–Crippen MR) is 113 cm³/mol. The molecule has 0 radical (unpaired) electrons. The Labute approximate surface area is 200 Å². The van der Waals surface area contributed by atoms with Gasteiger partial charge in [-0.15, -0.1) is 11.3 Å². The number of alkyl halides is 6. The quantitative estimate of drug-likeness (QED) is 0.562. The van der Waals surface area contributed by atoms with Crippen LogP contribution in [0.2, 0.25) is 0 Å². The summed E-state index contributed by atoms with van der Waals surface area (Å²) in [5.74, 6) is -2.76. The average Bonchev–Trinajstić information content (AvgIpc) is 3.28. The van der Waals surface area contributed by atoms with E-state index >= 15 is 0 Å². The molecule has 3 rings (SSSR count). The molecule has 0 aliphatic carbocycles. The lowest BCUT2D eigenvalue weighted by Gasteiger charge is -2.40. The third kappa shape index (κ3) is 6.62. The van der Waals surface area contributed by atoms with Crippen molar-refractivity contribution in [1.82, 2.24) is 9.29 Å². The van der Waals surface area contributed by atoms with Crippen LogP contribution >= 0.6 is 11.3 Å². The summed E-state index contributed by atoms with van der Waals surface area (Å²) >= 11 is 1.06. The molecular weight excluding hydrogens is 528 g/mol. The zero-order chi connectivity index (χ0) is 26.8. The fourth-order valence-corrected chi connectivity index (χ4v) is 5.59. The van der Waals surface area contributed by atoms with E-state index in [1.54, 1.807) is 5.38 Å². The van der Waals surface area contributed by atoms with Crippen molar-refractivity contribution in [3.8, 4) is 0 Å². The molecule has 0 amide bonds. The van der Waals surface area contributed by atoms with Crippen LogP contribution < -0.4 is 4.90 Å². The summed E-state index contributed by atoms with van der Waals surface area (Å²) in [5.41, 5.74) is -2.51. The molecule has 1 aromatic carbocycles. The zero-order valence-electron chi connectivity index (χ0n) is 18.2. The highest BCUT2D eigenvalue weighted by Gasteiger charge is 2.51. The van der Waals surface area contributed by atoms with Gasteiger partial charge in [-0.05, 0) is 31.5 Å². The van der Waals surface area contributed by atoms with Crippen molar-refractivity contribution in [2.75, 3.05) is 24.5 Å². The van der Waals surface area contributed by atoms with E-state index in [9.17, 15) is 39.9 Å². The Morgan fingerprint density at radius 1 is 1.11 bits per heavy atom. The van der Waals surface area contributed by atoms with Crippen molar-refractivity contribution < 1.29 is 49.8 Å². The molecular formula is C19H21F6N3O5S2. The minimum Gasteiger partial charge on any atom is -0.475 e. The number of carboxylic acids is 1. The molecule has 0 saturated carbocycles. The summed E-state index contributed by atoms with van der Waals surface area (Å²) in [4.78, 5) is 14.7. The van der Waals surface area contributed by atoms with Gasteiger partial charge in [0.05, 0.1) is 0 Å². The Kier molecular flexibility index (Phi) is 8.46. The number of benzene rings is 1. The van der Waals surface area contributed by atoms with Gasteiger partial charge < -0.3 is 15.1 Å². The van der Waals surface area contributed by atoms with E-state index in [4.69, 9.17) is 9.90 Å². The number of hydrogen-bond donors (Lipinski definition) is 2. The third-order valence-electron chi connectivity index (χ3n) is 5.12. The van der Waals surface area contributed by atoms with Crippen LogP contribution in [0, 0.1) is 0 Å². The number of anilines is 1. The van der Waals surface area contributed by atoms with Gasteiger partial charge in [-0.3, -0.25) is 0 Å². The van der Waals surface area contributed by atoms with Crippen LogP contribution in [0.4, 0.5) is 32.0 Å². The van der Waals surface area contributed by atoms with E-state index in [1.807, 2.05) is 11.8 Å². The molecule has 196 valence electrons. The minimum absolute atomic E-state index is 0.0480. The highest BCUT2D eigenvalue weighted by atomic mass is 32.2. The Bertz CT molecular complexity index is 1100. The highest BCUT2D eigenvalue weighted by Crippen LogP contribution is 2.39. The van der Waals surface area contributed by atoms with Gasteiger partial charge in [0.15, 0.2) is 5.60 Å². The third-order valence-corrected chi connectivity index (χ3v) is 8.16. The molecule has 0 bridgehead atoms. The number of hydrogen-bond acceptors (Lipinski definition) is 7. The number of aliphatic hydroxyl groups is 1. The lowest BCUT2D eigenvalue weighted by Crippen LogP contribution is -2.53. The topological polar surface area (TPSA) is 111 Å². The van der Waals surface area contributed by atoms with Gasteiger partial charge in [0, 0.05) is 42.9 Å². The molecule has 16 heteroatoms. The molecule has 2 N–H and O–H groups in total. The van der Waals surface area contributed by atoms with Crippen molar-refractivity contribution in [1.29, 1.82) is 0 Å². The number of sulfonamides is 1. The molecule has 1 saturated heterocycles. The van der Waals surface area contributed by atoms with Crippen LogP contribution in [-0.4, -0.2) is 71.9 Å². The van der Waals surface area contributed by atoms with Crippen molar-refractivity contribution in [2.24, 2.45) is 0 Å². The molecule has 1 aliphatic rings. The first-order valence-electron chi connectivity index (χ1n) is 9.75. The lowest BCUT2D eigenvalue weighted by molar-refractivity contribution is -0.258.